The van der Waals surface area contributed by atoms with Gasteiger partial charge < -0.3 is 4.74 Å². The van der Waals surface area contributed by atoms with E-state index in [1.54, 1.807) is 17.8 Å². The number of fused-ring (bicyclic) bond motifs is 1. The van der Waals surface area contributed by atoms with E-state index in [9.17, 15) is 9.18 Å². The van der Waals surface area contributed by atoms with Crippen LogP contribution in [0.25, 0.3) is 0 Å². The van der Waals surface area contributed by atoms with E-state index in [4.69, 9.17) is 4.74 Å². The van der Waals surface area contributed by atoms with Crippen LogP contribution < -0.4 is 4.74 Å². The maximum Gasteiger partial charge on any atom is 0.169 e. The van der Waals surface area contributed by atoms with Gasteiger partial charge in [-0.1, -0.05) is 6.92 Å². The Labute approximate surface area is 98.2 Å². The Balaban J connectivity index is 2.51. The van der Waals surface area contributed by atoms with E-state index in [2.05, 4.69) is 0 Å². The van der Waals surface area contributed by atoms with Crippen LogP contribution >= 0.6 is 11.8 Å². The molecule has 0 spiro atoms. The van der Waals surface area contributed by atoms with Gasteiger partial charge in [0.2, 0.25) is 0 Å². The highest BCUT2D eigenvalue weighted by atomic mass is 32.2. The average molecular weight is 240 g/mol. The van der Waals surface area contributed by atoms with Crippen molar-refractivity contribution in [2.24, 2.45) is 0 Å². The Morgan fingerprint density at radius 2 is 2.25 bits per heavy atom. The molecule has 16 heavy (non-hydrogen) atoms. The van der Waals surface area contributed by atoms with E-state index in [-0.39, 0.29) is 16.8 Å². The monoisotopic (exact) mass is 240 g/mol. The van der Waals surface area contributed by atoms with Gasteiger partial charge in [-0.15, -0.1) is 0 Å². The average Bonchev–Trinajstić information content (AvgIpc) is 2.40. The van der Waals surface area contributed by atoms with Gasteiger partial charge in [0, 0.05) is 28.6 Å². The molecule has 4 heteroatoms. The zero-order valence-corrected chi connectivity index (χ0v) is 10.1. The second-order valence-corrected chi connectivity index (χ2v) is 5.28. The summed E-state index contributed by atoms with van der Waals surface area (Å²) >= 11 is 1.60. The zero-order chi connectivity index (χ0) is 11.7. The minimum atomic E-state index is -0.394. The molecule has 1 aromatic carbocycles. The van der Waals surface area contributed by atoms with Crippen molar-refractivity contribution in [3.63, 3.8) is 0 Å². The largest absolute Gasteiger partial charge is 0.494 e. The quantitative estimate of drug-likeness (QED) is 0.754. The third kappa shape index (κ3) is 1.94. The number of ether oxygens (including phenoxy) is 1. The van der Waals surface area contributed by atoms with Gasteiger partial charge in [0.15, 0.2) is 17.3 Å². The maximum absolute atomic E-state index is 13.9. The lowest BCUT2D eigenvalue weighted by atomic mass is 10.0. The summed E-state index contributed by atoms with van der Waals surface area (Å²) in [4.78, 5) is 11.8. The number of hydrogen-bond acceptors (Lipinski definition) is 3. The smallest absolute Gasteiger partial charge is 0.169 e. The van der Waals surface area contributed by atoms with E-state index in [1.807, 2.05) is 6.92 Å². The van der Waals surface area contributed by atoms with Crippen LogP contribution in [0.5, 0.6) is 5.75 Å². The minimum Gasteiger partial charge on any atom is -0.494 e. The molecule has 0 fully saturated rings. The minimum absolute atomic E-state index is 0.0223. The molecule has 1 aliphatic rings. The normalized spacial score (nSPS) is 20.2. The second kappa shape index (κ2) is 4.45. The Hall–Kier alpha value is -1.03. The highest BCUT2D eigenvalue weighted by Gasteiger charge is 2.24. The summed E-state index contributed by atoms with van der Waals surface area (Å²) < 4.78 is 18.9. The number of rotatable bonds is 1. The number of halogens is 1. The van der Waals surface area contributed by atoms with Gasteiger partial charge in [-0.25, -0.2) is 4.39 Å². The van der Waals surface area contributed by atoms with E-state index in [0.717, 1.165) is 0 Å². The van der Waals surface area contributed by atoms with Crippen molar-refractivity contribution in [3.8, 4) is 5.75 Å². The van der Waals surface area contributed by atoms with E-state index in [0.29, 0.717) is 23.3 Å². The standard InChI is InChI=1S/C12H13FO2S/c1-7-5-10(14)8-3-4-11(15-2)12(13)9(8)6-16-7/h3-4,7H,5-6H2,1-2H3. The molecule has 0 saturated carbocycles. The number of thioether (sulfide) groups is 1. The van der Waals surface area contributed by atoms with Crippen LogP contribution in [0.4, 0.5) is 4.39 Å². The predicted molar refractivity (Wildman–Crippen MR) is 62.7 cm³/mol. The summed E-state index contributed by atoms with van der Waals surface area (Å²) in [5.41, 5.74) is 0.994. The number of hydrogen-bond donors (Lipinski definition) is 0. The number of benzene rings is 1. The molecule has 86 valence electrons. The molecule has 0 aliphatic carbocycles. The van der Waals surface area contributed by atoms with Crippen molar-refractivity contribution < 1.29 is 13.9 Å². The number of ketones is 1. The Morgan fingerprint density at radius 3 is 2.94 bits per heavy atom. The molecule has 1 heterocycles. The third-order valence-corrected chi connectivity index (χ3v) is 3.90. The van der Waals surface area contributed by atoms with Gasteiger partial charge in [0.25, 0.3) is 0 Å². The molecule has 1 aliphatic heterocycles. The fourth-order valence-electron chi connectivity index (χ4n) is 1.82. The van der Waals surface area contributed by atoms with E-state index < -0.39 is 5.82 Å². The molecule has 0 aromatic heterocycles. The molecule has 1 aromatic rings. The summed E-state index contributed by atoms with van der Waals surface area (Å²) in [5, 5.41) is 0.241. The summed E-state index contributed by atoms with van der Waals surface area (Å²) in [7, 11) is 1.43. The van der Waals surface area contributed by atoms with Gasteiger partial charge >= 0.3 is 0 Å². The van der Waals surface area contributed by atoms with Crippen LogP contribution in [-0.2, 0) is 5.75 Å². The van der Waals surface area contributed by atoms with Gasteiger partial charge in [-0.3, -0.25) is 4.79 Å². The molecule has 0 saturated heterocycles. The van der Waals surface area contributed by atoms with Crippen molar-refractivity contribution in [2.45, 2.75) is 24.3 Å². The molecule has 0 N–H and O–H groups in total. The number of carbonyl (C=O) groups is 1. The van der Waals surface area contributed by atoms with Crippen LogP contribution in [0.2, 0.25) is 0 Å². The van der Waals surface area contributed by atoms with Crippen LogP contribution in [-0.4, -0.2) is 18.1 Å². The summed E-state index contributed by atoms with van der Waals surface area (Å²) in [5.74, 6) is 0.372. The van der Waals surface area contributed by atoms with Gasteiger partial charge in [-0.05, 0) is 12.1 Å². The molecule has 2 nitrogen and oxygen atoms in total. The lowest BCUT2D eigenvalue weighted by molar-refractivity contribution is 0.0983. The summed E-state index contributed by atoms with van der Waals surface area (Å²) in [6.45, 7) is 1.99. The third-order valence-electron chi connectivity index (χ3n) is 2.71. The predicted octanol–water partition coefficient (Wildman–Crippen LogP) is 3.04. The van der Waals surface area contributed by atoms with E-state index >= 15 is 0 Å². The first kappa shape index (κ1) is 11.5. The first-order chi connectivity index (χ1) is 7.63. The molecule has 1 atom stereocenters. The van der Waals surface area contributed by atoms with Crippen molar-refractivity contribution >= 4 is 17.5 Å². The fraction of sp³-hybridized carbons (Fsp3) is 0.417. The van der Waals surface area contributed by atoms with Crippen molar-refractivity contribution in [2.75, 3.05) is 7.11 Å². The molecular formula is C12H13FO2S. The van der Waals surface area contributed by atoms with Gasteiger partial charge in [-0.2, -0.15) is 11.8 Å². The number of carbonyl (C=O) groups excluding carboxylic acids is 1. The highest BCUT2D eigenvalue weighted by molar-refractivity contribution is 7.99. The van der Waals surface area contributed by atoms with Crippen molar-refractivity contribution in [1.82, 2.24) is 0 Å². The molecule has 0 radical (unpaired) electrons. The zero-order valence-electron chi connectivity index (χ0n) is 9.25. The van der Waals surface area contributed by atoms with Crippen LogP contribution in [0.15, 0.2) is 12.1 Å². The topological polar surface area (TPSA) is 26.3 Å². The lowest BCUT2D eigenvalue weighted by Gasteiger charge is -2.09. The Morgan fingerprint density at radius 1 is 1.50 bits per heavy atom. The van der Waals surface area contributed by atoms with Crippen LogP contribution in [0.3, 0.4) is 0 Å². The van der Waals surface area contributed by atoms with Crippen LogP contribution in [0, 0.1) is 5.82 Å². The molecule has 1 unspecified atom stereocenters. The van der Waals surface area contributed by atoms with Crippen LogP contribution in [0.1, 0.15) is 29.3 Å². The molecule has 2 rings (SSSR count). The molecule has 0 bridgehead atoms. The molecular weight excluding hydrogens is 227 g/mol. The van der Waals surface area contributed by atoms with Crippen molar-refractivity contribution in [1.29, 1.82) is 0 Å². The van der Waals surface area contributed by atoms with E-state index in [1.165, 1.54) is 13.2 Å². The Bertz CT molecular complexity index is 431. The fourth-order valence-corrected chi connectivity index (χ4v) is 2.82. The highest BCUT2D eigenvalue weighted by Crippen LogP contribution is 2.33. The van der Waals surface area contributed by atoms with Gasteiger partial charge in [0.1, 0.15) is 0 Å². The number of Topliss-reactive ketones (excluding diaryl/α,β-unsaturated/α-hetero) is 1. The SMILES string of the molecule is COc1ccc2c(c1F)CSC(C)CC2=O. The summed E-state index contributed by atoms with van der Waals surface area (Å²) in [6.07, 6.45) is 0.476. The number of methoxy groups -OCH3 is 1. The first-order valence-electron chi connectivity index (χ1n) is 5.13. The van der Waals surface area contributed by atoms with Crippen molar-refractivity contribution in [3.05, 3.63) is 29.1 Å². The lowest BCUT2D eigenvalue weighted by Crippen LogP contribution is -2.06. The Kier molecular flexibility index (Phi) is 3.19. The maximum atomic E-state index is 13.9. The summed E-state index contributed by atoms with van der Waals surface area (Å²) in [6, 6.07) is 3.19. The second-order valence-electron chi connectivity index (χ2n) is 3.86. The first-order valence-corrected chi connectivity index (χ1v) is 6.18. The van der Waals surface area contributed by atoms with Gasteiger partial charge in [0.05, 0.1) is 7.11 Å². The molecule has 0 amide bonds.